The molecule has 0 saturated heterocycles. The molecule has 0 aromatic carbocycles. The molecule has 0 saturated carbocycles. The van der Waals surface area contributed by atoms with Crippen molar-refractivity contribution in [3.05, 3.63) is 18.1 Å². The van der Waals surface area contributed by atoms with Gasteiger partial charge in [0.1, 0.15) is 6.61 Å². The van der Waals surface area contributed by atoms with Crippen LogP contribution in [0.4, 0.5) is 0 Å². The van der Waals surface area contributed by atoms with Crippen LogP contribution < -0.4 is 10.1 Å². The lowest BCUT2D eigenvalue weighted by atomic mass is 10.3. The molecule has 0 aliphatic carbocycles. The molecule has 1 heterocycles. The van der Waals surface area contributed by atoms with E-state index in [9.17, 15) is 0 Å². The summed E-state index contributed by atoms with van der Waals surface area (Å²) in [5, 5.41) is 3.29. The smallest absolute Gasteiger partial charge is 0.232 e. The first-order valence-corrected chi connectivity index (χ1v) is 6.47. The summed E-state index contributed by atoms with van der Waals surface area (Å²) in [6.07, 6.45) is 4.39. The summed E-state index contributed by atoms with van der Waals surface area (Å²) in [6, 6.07) is 0.429. The average Bonchev–Trinajstić information content (AvgIpc) is 2.37. The summed E-state index contributed by atoms with van der Waals surface area (Å²) >= 11 is 0. The summed E-state index contributed by atoms with van der Waals surface area (Å²) in [7, 11) is 0. The molecule has 5 heteroatoms. The summed E-state index contributed by atoms with van der Waals surface area (Å²) < 4.78 is 10.8. The summed E-state index contributed by atoms with van der Waals surface area (Å²) in [5.74, 6) is 0.554. The van der Waals surface area contributed by atoms with E-state index in [0.29, 0.717) is 31.7 Å². The van der Waals surface area contributed by atoms with Crippen LogP contribution in [0.3, 0.4) is 0 Å². The number of hydrogen-bond acceptors (Lipinski definition) is 5. The fraction of sp³-hybridized carbons (Fsp3) is 0.692. The van der Waals surface area contributed by atoms with Gasteiger partial charge in [0.15, 0.2) is 0 Å². The Morgan fingerprint density at radius 2 is 2.06 bits per heavy atom. The monoisotopic (exact) mass is 253 g/mol. The van der Waals surface area contributed by atoms with Gasteiger partial charge in [0, 0.05) is 25.4 Å². The summed E-state index contributed by atoms with van der Waals surface area (Å²) in [6.45, 7) is 8.84. The van der Waals surface area contributed by atoms with Gasteiger partial charge in [-0.3, -0.25) is 4.98 Å². The SMILES string of the molecule is CCCOCCOc1cncc(CNC(C)C)n1. The molecule has 5 nitrogen and oxygen atoms in total. The fourth-order valence-electron chi connectivity index (χ4n) is 1.30. The second kappa shape index (κ2) is 8.83. The van der Waals surface area contributed by atoms with Crippen LogP contribution in [0.1, 0.15) is 32.9 Å². The van der Waals surface area contributed by atoms with E-state index in [2.05, 4.69) is 36.1 Å². The molecule has 0 spiro atoms. The van der Waals surface area contributed by atoms with Gasteiger partial charge >= 0.3 is 0 Å². The fourth-order valence-corrected chi connectivity index (χ4v) is 1.30. The number of hydrogen-bond donors (Lipinski definition) is 1. The zero-order valence-corrected chi connectivity index (χ0v) is 11.5. The van der Waals surface area contributed by atoms with Gasteiger partial charge in [-0.25, -0.2) is 4.98 Å². The summed E-state index contributed by atoms with van der Waals surface area (Å²) in [4.78, 5) is 8.47. The third-order valence-corrected chi connectivity index (χ3v) is 2.18. The molecule has 18 heavy (non-hydrogen) atoms. The van der Waals surface area contributed by atoms with E-state index in [1.54, 1.807) is 12.4 Å². The van der Waals surface area contributed by atoms with Crippen LogP contribution in [0.25, 0.3) is 0 Å². The Kier molecular flexibility index (Phi) is 7.29. The molecule has 1 rings (SSSR count). The number of aromatic nitrogens is 2. The molecular weight excluding hydrogens is 230 g/mol. The minimum Gasteiger partial charge on any atom is -0.474 e. The molecule has 0 aliphatic heterocycles. The lowest BCUT2D eigenvalue weighted by Gasteiger charge is -2.09. The molecule has 0 aliphatic rings. The van der Waals surface area contributed by atoms with Gasteiger partial charge < -0.3 is 14.8 Å². The van der Waals surface area contributed by atoms with E-state index in [0.717, 1.165) is 18.7 Å². The van der Waals surface area contributed by atoms with Crippen molar-refractivity contribution in [2.24, 2.45) is 0 Å². The van der Waals surface area contributed by atoms with Gasteiger partial charge in [0.05, 0.1) is 18.5 Å². The van der Waals surface area contributed by atoms with Crippen LogP contribution in [0, 0.1) is 0 Å². The van der Waals surface area contributed by atoms with Crippen molar-refractivity contribution in [3.8, 4) is 5.88 Å². The maximum Gasteiger partial charge on any atom is 0.232 e. The zero-order valence-electron chi connectivity index (χ0n) is 11.5. The quantitative estimate of drug-likeness (QED) is 0.680. The van der Waals surface area contributed by atoms with E-state index < -0.39 is 0 Å². The Morgan fingerprint density at radius 3 is 2.78 bits per heavy atom. The van der Waals surface area contributed by atoms with Crippen molar-refractivity contribution in [1.82, 2.24) is 15.3 Å². The van der Waals surface area contributed by atoms with Gasteiger partial charge in [-0.15, -0.1) is 0 Å². The molecule has 0 radical (unpaired) electrons. The number of nitrogens with one attached hydrogen (secondary N) is 1. The zero-order chi connectivity index (χ0) is 13.2. The van der Waals surface area contributed by atoms with Crippen LogP contribution in [0.2, 0.25) is 0 Å². The normalized spacial score (nSPS) is 10.9. The molecule has 1 aromatic rings. The predicted molar refractivity (Wildman–Crippen MR) is 70.6 cm³/mol. The Balaban J connectivity index is 2.30. The van der Waals surface area contributed by atoms with E-state index in [-0.39, 0.29) is 0 Å². The van der Waals surface area contributed by atoms with E-state index in [1.807, 2.05) is 0 Å². The second-order valence-electron chi connectivity index (χ2n) is 4.35. The molecule has 0 bridgehead atoms. The molecule has 0 unspecified atom stereocenters. The molecule has 0 fully saturated rings. The lowest BCUT2D eigenvalue weighted by molar-refractivity contribution is 0.0987. The Hall–Kier alpha value is -1.20. The first kappa shape index (κ1) is 14.9. The first-order valence-electron chi connectivity index (χ1n) is 6.47. The van der Waals surface area contributed by atoms with E-state index in [4.69, 9.17) is 9.47 Å². The third kappa shape index (κ3) is 6.51. The minimum absolute atomic E-state index is 0.429. The van der Waals surface area contributed by atoms with Gasteiger partial charge in [-0.1, -0.05) is 20.8 Å². The van der Waals surface area contributed by atoms with Crippen molar-refractivity contribution in [1.29, 1.82) is 0 Å². The van der Waals surface area contributed by atoms with Crippen molar-refractivity contribution >= 4 is 0 Å². The molecular formula is C13H23N3O2. The van der Waals surface area contributed by atoms with Crippen molar-refractivity contribution < 1.29 is 9.47 Å². The number of ether oxygens (including phenoxy) is 2. The lowest BCUT2D eigenvalue weighted by Crippen LogP contribution is -2.22. The van der Waals surface area contributed by atoms with Crippen LogP contribution in [-0.2, 0) is 11.3 Å². The highest BCUT2D eigenvalue weighted by Gasteiger charge is 2.01. The first-order chi connectivity index (χ1) is 8.72. The number of nitrogens with zero attached hydrogens (tertiary/aromatic N) is 2. The highest BCUT2D eigenvalue weighted by Crippen LogP contribution is 2.05. The van der Waals surface area contributed by atoms with Crippen molar-refractivity contribution in [2.45, 2.75) is 39.8 Å². The number of rotatable bonds is 9. The molecule has 1 N–H and O–H groups in total. The van der Waals surface area contributed by atoms with Crippen LogP contribution in [0.5, 0.6) is 5.88 Å². The average molecular weight is 253 g/mol. The summed E-state index contributed by atoms with van der Waals surface area (Å²) in [5.41, 5.74) is 0.885. The molecule has 0 amide bonds. The van der Waals surface area contributed by atoms with E-state index in [1.165, 1.54) is 0 Å². The highest BCUT2D eigenvalue weighted by atomic mass is 16.5. The maximum atomic E-state index is 5.47. The van der Waals surface area contributed by atoms with Crippen LogP contribution in [0.15, 0.2) is 12.4 Å². The Morgan fingerprint density at radius 1 is 1.22 bits per heavy atom. The third-order valence-electron chi connectivity index (χ3n) is 2.18. The minimum atomic E-state index is 0.429. The molecule has 1 aromatic heterocycles. The molecule has 0 atom stereocenters. The van der Waals surface area contributed by atoms with Gasteiger partial charge in [-0.2, -0.15) is 0 Å². The van der Waals surface area contributed by atoms with Crippen molar-refractivity contribution in [3.63, 3.8) is 0 Å². The Bertz CT molecular complexity index is 332. The molecule has 102 valence electrons. The predicted octanol–water partition coefficient (Wildman–Crippen LogP) is 1.78. The largest absolute Gasteiger partial charge is 0.474 e. The highest BCUT2D eigenvalue weighted by molar-refractivity contribution is 5.08. The van der Waals surface area contributed by atoms with Gasteiger partial charge in [0.2, 0.25) is 5.88 Å². The standard InChI is InChI=1S/C13H23N3O2/c1-4-5-17-6-7-18-13-10-14-8-12(16-13)9-15-11(2)3/h8,10-11,15H,4-7,9H2,1-3H3. The van der Waals surface area contributed by atoms with Crippen LogP contribution in [-0.4, -0.2) is 35.8 Å². The van der Waals surface area contributed by atoms with Crippen LogP contribution >= 0.6 is 0 Å². The van der Waals surface area contributed by atoms with E-state index >= 15 is 0 Å². The second-order valence-corrected chi connectivity index (χ2v) is 4.35. The van der Waals surface area contributed by atoms with Gasteiger partial charge in [0.25, 0.3) is 0 Å². The Labute approximate surface area is 109 Å². The van der Waals surface area contributed by atoms with Gasteiger partial charge in [-0.05, 0) is 6.42 Å². The van der Waals surface area contributed by atoms with Crippen molar-refractivity contribution in [2.75, 3.05) is 19.8 Å². The maximum absolute atomic E-state index is 5.47. The topological polar surface area (TPSA) is 56.3 Å².